The zero-order valence-corrected chi connectivity index (χ0v) is 34.4. The molecular formula is C43H57N5O9. The van der Waals surface area contributed by atoms with Crippen molar-refractivity contribution in [3.8, 4) is 0 Å². The van der Waals surface area contributed by atoms with Crippen LogP contribution >= 0.6 is 0 Å². The fourth-order valence-corrected chi connectivity index (χ4v) is 11.0. The number of carbonyl (C=O) groups excluding carboxylic acids is 2. The van der Waals surface area contributed by atoms with Crippen LogP contribution in [0.25, 0.3) is 0 Å². The Kier molecular flexibility index (Phi) is 10.2. The van der Waals surface area contributed by atoms with Crippen molar-refractivity contribution in [2.75, 3.05) is 13.8 Å². The van der Waals surface area contributed by atoms with Crippen molar-refractivity contribution in [2.45, 2.75) is 116 Å². The minimum absolute atomic E-state index is 0.00565. The standard InChI is InChI=1S/C43H57N5O9/c1-21(2)11-10-16-41(8)17-15-25-33(55-41)24(13-12-22(3)4)35-30-32(46-20-54-34(25)30)31-28(29(37(44)47-51)38(45)48-52)26-19-27-40(6,7)57-42(36(26)49,43(27,31)56-35)18-14-23(5)39(50)53-9/h11-12,14-15,17,26-31,34,51-52H,10,13,16,18-20H2,1-9H3,(H2,44,47)(H2,45,48)/b23-14-. The van der Waals surface area contributed by atoms with E-state index >= 15 is 4.79 Å². The number of ketones is 1. The Bertz CT molecular complexity index is 2010. The summed E-state index contributed by atoms with van der Waals surface area (Å²) >= 11 is 0. The first-order chi connectivity index (χ1) is 26.9. The Morgan fingerprint density at radius 1 is 1.05 bits per heavy atom. The van der Waals surface area contributed by atoms with Crippen LogP contribution < -0.4 is 11.5 Å². The van der Waals surface area contributed by atoms with Gasteiger partial charge in [0, 0.05) is 46.6 Å². The Balaban J connectivity index is 1.52. The van der Waals surface area contributed by atoms with Gasteiger partial charge >= 0.3 is 5.97 Å². The van der Waals surface area contributed by atoms with Crippen LogP contribution in [0, 0.1) is 35.5 Å². The van der Waals surface area contributed by atoms with Crippen molar-refractivity contribution in [1.29, 1.82) is 0 Å². The van der Waals surface area contributed by atoms with E-state index in [2.05, 4.69) is 55.4 Å². The minimum atomic E-state index is -1.63. The molecule has 8 aliphatic rings. The molecule has 0 amide bonds. The number of allylic oxidation sites excluding steroid dienone is 5. The third kappa shape index (κ3) is 5.99. The molecule has 2 saturated heterocycles. The van der Waals surface area contributed by atoms with E-state index in [0.29, 0.717) is 35.6 Å². The molecule has 3 saturated carbocycles. The quantitative estimate of drug-likeness (QED) is 0.0377. The normalized spacial score (nSPS) is 36.6. The van der Waals surface area contributed by atoms with Crippen LogP contribution in [0.3, 0.4) is 0 Å². The van der Waals surface area contributed by atoms with Gasteiger partial charge in [-0.05, 0) is 93.1 Å². The second-order valence-corrected chi connectivity index (χ2v) is 17.8. The van der Waals surface area contributed by atoms with Gasteiger partial charge in [0.1, 0.15) is 41.6 Å². The number of fused-ring (bicyclic) bond motifs is 1. The smallest absolute Gasteiger partial charge is 0.333 e. The summed E-state index contributed by atoms with van der Waals surface area (Å²) in [5, 5.41) is 26.9. The number of ether oxygens (including phenoxy) is 5. The molecule has 308 valence electrons. The summed E-state index contributed by atoms with van der Waals surface area (Å²) in [6, 6.07) is 0. The molecule has 14 heteroatoms. The molecule has 0 aromatic carbocycles. The number of hydrogen-bond donors (Lipinski definition) is 4. The highest BCUT2D eigenvalue weighted by Crippen LogP contribution is 2.73. The van der Waals surface area contributed by atoms with Crippen molar-refractivity contribution in [3.63, 3.8) is 0 Å². The Hall–Kier alpha value is -4.69. The lowest BCUT2D eigenvalue weighted by atomic mass is 9.40. The first-order valence-electron chi connectivity index (χ1n) is 19.8. The number of Topliss-reactive ketones (excluding diaryl/α,β-unsaturated/α-hetero) is 1. The van der Waals surface area contributed by atoms with Crippen molar-refractivity contribution < 1.29 is 43.7 Å². The lowest BCUT2D eigenvalue weighted by Gasteiger charge is -2.67. The molecule has 1 spiro atoms. The maximum Gasteiger partial charge on any atom is 0.333 e. The second-order valence-electron chi connectivity index (χ2n) is 17.8. The molecule has 14 nitrogen and oxygen atoms in total. The third-order valence-electron chi connectivity index (χ3n) is 13.4. The van der Waals surface area contributed by atoms with Gasteiger partial charge in [0.2, 0.25) is 0 Å². The molecule has 4 bridgehead atoms. The zero-order chi connectivity index (χ0) is 41.4. The van der Waals surface area contributed by atoms with Gasteiger partial charge in [-0.3, -0.25) is 9.79 Å². The molecule has 10 atom stereocenters. The lowest BCUT2D eigenvalue weighted by molar-refractivity contribution is -0.233. The van der Waals surface area contributed by atoms with Crippen molar-refractivity contribution in [3.05, 3.63) is 69.8 Å². The van der Waals surface area contributed by atoms with Crippen molar-refractivity contribution in [2.24, 2.45) is 62.3 Å². The summed E-state index contributed by atoms with van der Waals surface area (Å²) < 4.78 is 33.6. The van der Waals surface area contributed by atoms with E-state index in [1.54, 1.807) is 13.0 Å². The molecule has 4 heterocycles. The second kappa shape index (κ2) is 14.3. The van der Waals surface area contributed by atoms with E-state index in [0.717, 1.165) is 29.6 Å². The van der Waals surface area contributed by atoms with E-state index in [1.165, 1.54) is 12.7 Å². The fraction of sp³-hybridized carbons (Fsp3) is 0.605. The molecule has 10 unspecified atom stereocenters. The molecule has 4 aliphatic carbocycles. The summed E-state index contributed by atoms with van der Waals surface area (Å²) in [5.41, 5.74) is 13.3. The van der Waals surface area contributed by atoms with E-state index in [4.69, 9.17) is 40.1 Å². The maximum atomic E-state index is 15.5. The highest BCUT2D eigenvalue weighted by Gasteiger charge is 2.86. The maximum absolute atomic E-state index is 15.5. The number of hydrogen-bond acceptors (Lipinski definition) is 12. The number of nitrogens with two attached hydrogens (primary N) is 2. The summed E-state index contributed by atoms with van der Waals surface area (Å²) in [5.74, 6) is -4.57. The van der Waals surface area contributed by atoms with Crippen LogP contribution in [-0.2, 0) is 33.3 Å². The predicted octanol–water partition coefficient (Wildman–Crippen LogP) is 5.76. The van der Waals surface area contributed by atoms with Crippen LogP contribution in [0.15, 0.2) is 85.1 Å². The molecule has 8 rings (SSSR count). The van der Waals surface area contributed by atoms with Gasteiger partial charge < -0.3 is 45.6 Å². The fourth-order valence-electron chi connectivity index (χ4n) is 11.0. The van der Waals surface area contributed by atoms with Crippen LogP contribution in [-0.4, -0.2) is 81.9 Å². The molecule has 5 fully saturated rings. The Labute approximate surface area is 334 Å². The minimum Gasteiger partial charge on any atom is -0.486 e. The first-order valence-corrected chi connectivity index (χ1v) is 19.8. The van der Waals surface area contributed by atoms with E-state index in [9.17, 15) is 15.2 Å². The van der Waals surface area contributed by atoms with E-state index in [1.807, 2.05) is 27.7 Å². The molecule has 0 aromatic rings. The van der Waals surface area contributed by atoms with Crippen LogP contribution in [0.5, 0.6) is 0 Å². The van der Waals surface area contributed by atoms with E-state index < -0.39 is 64.1 Å². The largest absolute Gasteiger partial charge is 0.486 e. The molecular weight excluding hydrogens is 730 g/mol. The van der Waals surface area contributed by atoms with Crippen LogP contribution in [0.1, 0.15) is 87.5 Å². The van der Waals surface area contributed by atoms with Crippen LogP contribution in [0.4, 0.5) is 0 Å². The predicted molar refractivity (Wildman–Crippen MR) is 212 cm³/mol. The van der Waals surface area contributed by atoms with Gasteiger partial charge in [-0.1, -0.05) is 45.8 Å². The van der Waals surface area contributed by atoms with Gasteiger partial charge in [0.15, 0.2) is 17.0 Å². The summed E-state index contributed by atoms with van der Waals surface area (Å²) in [7, 11) is 1.31. The number of nitrogens with zero attached hydrogens (tertiary/aromatic N) is 3. The van der Waals surface area contributed by atoms with Gasteiger partial charge in [-0.15, -0.1) is 0 Å². The number of rotatable bonds is 11. The number of methoxy groups -OCH3 is 1. The zero-order valence-electron chi connectivity index (χ0n) is 34.4. The average Bonchev–Trinajstić information content (AvgIpc) is 3.31. The molecule has 0 aromatic heterocycles. The molecule has 0 radical (unpaired) electrons. The van der Waals surface area contributed by atoms with Crippen molar-refractivity contribution in [1.82, 2.24) is 0 Å². The average molecular weight is 788 g/mol. The monoisotopic (exact) mass is 787 g/mol. The van der Waals surface area contributed by atoms with Gasteiger partial charge in [-0.25, -0.2) is 4.79 Å². The van der Waals surface area contributed by atoms with Crippen LogP contribution in [0.2, 0.25) is 0 Å². The Morgan fingerprint density at radius 3 is 2.37 bits per heavy atom. The van der Waals surface area contributed by atoms with E-state index in [-0.39, 0.29) is 36.5 Å². The summed E-state index contributed by atoms with van der Waals surface area (Å²) in [6.07, 6.45) is 12.0. The highest BCUT2D eigenvalue weighted by molar-refractivity contribution is 6.09. The number of oxime groups is 2. The first kappa shape index (κ1) is 40.5. The third-order valence-corrected chi connectivity index (χ3v) is 13.4. The Morgan fingerprint density at radius 2 is 1.74 bits per heavy atom. The van der Waals surface area contributed by atoms with Crippen molar-refractivity contribution >= 4 is 29.1 Å². The molecule has 6 N–H and O–H groups in total. The number of esters is 1. The number of aliphatic imine (C=N–C) groups is 1. The van der Waals surface area contributed by atoms with Gasteiger partial charge in [0.25, 0.3) is 0 Å². The number of amidine groups is 2. The highest BCUT2D eigenvalue weighted by atomic mass is 16.6. The van der Waals surface area contributed by atoms with Gasteiger partial charge in [-0.2, -0.15) is 0 Å². The molecule has 4 aliphatic heterocycles. The topological polar surface area (TPSA) is 210 Å². The van der Waals surface area contributed by atoms with Gasteiger partial charge in [0.05, 0.1) is 24.5 Å². The lowest BCUT2D eigenvalue weighted by Crippen LogP contribution is -2.80. The SMILES string of the molecule is COC(=O)/C(C)=C\CC12OC(C)(C)C3CC(C1=O)C(C(/C(N)=N/O)/C(N)=N\O)C1C4=NCOC5C6=C(OC(C)(CCC=C(C)C)C=C6)C(CC=C(C)C)=C(OC132)C45. The number of carbonyl (C=O) groups is 2. The summed E-state index contributed by atoms with van der Waals surface area (Å²) in [4.78, 5) is 33.4. The molecule has 57 heavy (non-hydrogen) atoms. The summed E-state index contributed by atoms with van der Waals surface area (Å²) in [6.45, 7) is 15.9.